The lowest BCUT2D eigenvalue weighted by molar-refractivity contribution is -0.669. The van der Waals surface area contributed by atoms with Gasteiger partial charge in [0.1, 0.15) is 6.54 Å². The third-order valence-corrected chi connectivity index (χ3v) is 5.44. The Morgan fingerprint density at radius 1 is 0.963 bits per heavy atom. The zero-order chi connectivity index (χ0) is 18.6. The van der Waals surface area contributed by atoms with Crippen LogP contribution in [0.1, 0.15) is 31.5 Å². The van der Waals surface area contributed by atoms with Gasteiger partial charge in [0.25, 0.3) is 0 Å². The highest BCUT2D eigenvalue weighted by Gasteiger charge is 2.19. The minimum Gasteiger partial charge on any atom is -0.365 e. The largest absolute Gasteiger partial charge is 0.365 e. The van der Waals surface area contributed by atoms with Crippen molar-refractivity contribution < 1.29 is 4.57 Å². The number of likely N-dealkylation sites (N-methyl/N-ethyl adjacent to an activating group) is 1. The van der Waals surface area contributed by atoms with Crippen LogP contribution in [0.2, 0.25) is 0 Å². The topological polar surface area (TPSA) is 7.12 Å². The number of hydrogen-bond acceptors (Lipinski definition) is 1. The molecule has 0 amide bonds. The van der Waals surface area contributed by atoms with E-state index in [4.69, 9.17) is 0 Å². The first-order valence-electron chi connectivity index (χ1n) is 9.93. The fourth-order valence-electron chi connectivity index (χ4n) is 4.10. The Morgan fingerprint density at radius 3 is 2.63 bits per heavy atom. The van der Waals surface area contributed by atoms with Gasteiger partial charge in [-0.1, -0.05) is 48.6 Å². The number of benzene rings is 2. The SMILES string of the molecule is CCN1c2ccccc2C=C[C@H]1CC=Cc1ccc2ccccc2[n+]1CC. The minimum absolute atomic E-state index is 0.414. The lowest BCUT2D eigenvalue weighted by atomic mass is 10.0. The number of aromatic nitrogens is 1. The van der Waals surface area contributed by atoms with Gasteiger partial charge in [-0.2, -0.15) is 4.57 Å². The molecule has 0 N–H and O–H groups in total. The Balaban J connectivity index is 1.57. The average molecular weight is 356 g/mol. The first-order valence-corrected chi connectivity index (χ1v) is 9.93. The highest BCUT2D eigenvalue weighted by atomic mass is 15.2. The molecule has 0 fully saturated rings. The van der Waals surface area contributed by atoms with E-state index in [2.05, 4.69) is 108 Å². The summed E-state index contributed by atoms with van der Waals surface area (Å²) in [5, 5.41) is 1.29. The quantitative estimate of drug-likeness (QED) is 0.550. The van der Waals surface area contributed by atoms with Gasteiger partial charge in [-0.25, -0.2) is 0 Å². The normalized spacial score (nSPS) is 16.2. The Kier molecular flexibility index (Phi) is 5.06. The van der Waals surface area contributed by atoms with E-state index < -0.39 is 0 Å². The maximum absolute atomic E-state index is 2.49. The Bertz CT molecular complexity index is 1000. The zero-order valence-electron chi connectivity index (χ0n) is 16.2. The molecule has 0 unspecified atom stereocenters. The van der Waals surface area contributed by atoms with Gasteiger partial charge in [0.2, 0.25) is 11.2 Å². The van der Waals surface area contributed by atoms with E-state index in [9.17, 15) is 0 Å². The maximum atomic E-state index is 2.49. The molecular weight excluding hydrogens is 328 g/mol. The van der Waals surface area contributed by atoms with Gasteiger partial charge >= 0.3 is 0 Å². The number of aryl methyl sites for hydroxylation is 1. The van der Waals surface area contributed by atoms with Gasteiger partial charge in [0.15, 0.2) is 0 Å². The standard InChI is InChI=1S/C25H27N2/c1-3-26-22(18-16-20-10-5-7-14-24(20)26)12-9-13-23-19-17-21-11-6-8-15-25(21)27(23)4-2/h5-12,14-19,23H,3-4,13H2,1-2H3/q+1/t23-/m1/s1. The van der Waals surface area contributed by atoms with Crippen LogP contribution in [0.15, 0.2) is 72.8 Å². The summed E-state index contributed by atoms with van der Waals surface area (Å²) < 4.78 is 2.38. The molecule has 1 aliphatic heterocycles. The van der Waals surface area contributed by atoms with Crippen molar-refractivity contribution in [3.8, 4) is 0 Å². The van der Waals surface area contributed by atoms with Crippen LogP contribution in [0.4, 0.5) is 5.69 Å². The van der Waals surface area contributed by atoms with Crippen molar-refractivity contribution in [1.82, 2.24) is 0 Å². The third-order valence-electron chi connectivity index (χ3n) is 5.44. The molecule has 0 saturated carbocycles. The molecule has 0 bridgehead atoms. The lowest BCUT2D eigenvalue weighted by Crippen LogP contribution is -2.37. The molecule has 0 saturated heterocycles. The van der Waals surface area contributed by atoms with E-state index in [1.54, 1.807) is 0 Å². The molecule has 0 spiro atoms. The van der Waals surface area contributed by atoms with Gasteiger partial charge in [-0.15, -0.1) is 0 Å². The highest BCUT2D eigenvalue weighted by Crippen LogP contribution is 2.29. The monoisotopic (exact) mass is 355 g/mol. The summed E-state index contributed by atoms with van der Waals surface area (Å²) in [6, 6.07) is 22.1. The zero-order valence-corrected chi connectivity index (χ0v) is 16.2. The first-order chi connectivity index (χ1) is 13.3. The minimum atomic E-state index is 0.414. The third kappa shape index (κ3) is 3.40. The molecule has 1 atom stereocenters. The number of rotatable bonds is 5. The van der Waals surface area contributed by atoms with Gasteiger partial charge in [0, 0.05) is 35.8 Å². The molecule has 3 aromatic rings. The number of pyridine rings is 1. The number of hydrogen-bond donors (Lipinski definition) is 0. The van der Waals surface area contributed by atoms with Crippen LogP contribution in [0.3, 0.4) is 0 Å². The van der Waals surface area contributed by atoms with Crippen LogP contribution in [-0.2, 0) is 6.54 Å². The molecule has 2 nitrogen and oxygen atoms in total. The lowest BCUT2D eigenvalue weighted by Gasteiger charge is -2.34. The number of anilines is 1. The van der Waals surface area contributed by atoms with Crippen molar-refractivity contribution in [2.75, 3.05) is 11.4 Å². The molecule has 0 radical (unpaired) electrons. The van der Waals surface area contributed by atoms with Crippen LogP contribution < -0.4 is 9.47 Å². The van der Waals surface area contributed by atoms with E-state index in [1.807, 2.05) is 0 Å². The predicted octanol–water partition coefficient (Wildman–Crippen LogP) is 5.47. The molecule has 27 heavy (non-hydrogen) atoms. The molecule has 2 heterocycles. The fraction of sp³-hybridized carbons (Fsp3) is 0.240. The van der Waals surface area contributed by atoms with Gasteiger partial charge in [0.05, 0.1) is 6.04 Å². The Hall–Kier alpha value is -2.87. The summed E-state index contributed by atoms with van der Waals surface area (Å²) in [5.41, 5.74) is 5.22. The van der Waals surface area contributed by atoms with Crippen LogP contribution in [0.5, 0.6) is 0 Å². The predicted molar refractivity (Wildman–Crippen MR) is 116 cm³/mol. The Morgan fingerprint density at radius 2 is 1.78 bits per heavy atom. The van der Waals surface area contributed by atoms with Crippen molar-refractivity contribution in [2.45, 2.75) is 32.9 Å². The Labute approximate surface area is 162 Å². The van der Waals surface area contributed by atoms with Crippen molar-refractivity contribution in [2.24, 2.45) is 0 Å². The van der Waals surface area contributed by atoms with Crippen LogP contribution in [0, 0.1) is 0 Å². The second-order valence-corrected chi connectivity index (χ2v) is 6.97. The van der Waals surface area contributed by atoms with Gasteiger partial charge in [-0.05, 0) is 44.0 Å². The van der Waals surface area contributed by atoms with E-state index >= 15 is 0 Å². The molecule has 1 aliphatic rings. The summed E-state index contributed by atoms with van der Waals surface area (Å²) in [6.45, 7) is 6.44. The van der Waals surface area contributed by atoms with E-state index in [0.29, 0.717) is 6.04 Å². The van der Waals surface area contributed by atoms with E-state index in [-0.39, 0.29) is 0 Å². The van der Waals surface area contributed by atoms with Crippen molar-refractivity contribution in [3.05, 3.63) is 84.1 Å². The average Bonchev–Trinajstić information content (AvgIpc) is 2.73. The smallest absolute Gasteiger partial charge is 0.212 e. The van der Waals surface area contributed by atoms with Gasteiger partial charge in [-0.3, -0.25) is 0 Å². The van der Waals surface area contributed by atoms with Crippen LogP contribution >= 0.6 is 0 Å². The second kappa shape index (κ2) is 7.79. The molecule has 1 aromatic heterocycles. The molecule has 2 heteroatoms. The van der Waals surface area contributed by atoms with E-state index in [0.717, 1.165) is 19.5 Å². The van der Waals surface area contributed by atoms with Gasteiger partial charge < -0.3 is 4.90 Å². The van der Waals surface area contributed by atoms with E-state index in [1.165, 1.54) is 27.8 Å². The fourth-order valence-corrected chi connectivity index (χ4v) is 4.10. The number of para-hydroxylation sites is 2. The summed E-state index contributed by atoms with van der Waals surface area (Å²) >= 11 is 0. The molecule has 2 aromatic carbocycles. The molecular formula is C25H27N2+. The summed E-state index contributed by atoms with van der Waals surface area (Å²) in [7, 11) is 0. The molecule has 4 rings (SSSR count). The second-order valence-electron chi connectivity index (χ2n) is 6.97. The van der Waals surface area contributed by atoms with Crippen LogP contribution in [0.25, 0.3) is 23.1 Å². The summed E-state index contributed by atoms with van der Waals surface area (Å²) in [4.78, 5) is 2.49. The van der Waals surface area contributed by atoms with Crippen molar-refractivity contribution >= 4 is 28.7 Å². The summed E-state index contributed by atoms with van der Waals surface area (Å²) in [5.74, 6) is 0. The van der Waals surface area contributed by atoms with Crippen LogP contribution in [-0.4, -0.2) is 12.6 Å². The molecule has 0 aliphatic carbocycles. The first kappa shape index (κ1) is 17.5. The summed E-state index contributed by atoms with van der Waals surface area (Å²) in [6.07, 6.45) is 10.2. The number of fused-ring (bicyclic) bond motifs is 2. The highest BCUT2D eigenvalue weighted by molar-refractivity contribution is 5.76. The van der Waals surface area contributed by atoms with Crippen molar-refractivity contribution in [3.63, 3.8) is 0 Å². The molecule has 136 valence electrons. The maximum Gasteiger partial charge on any atom is 0.212 e. The number of nitrogens with zero attached hydrogens (tertiary/aromatic N) is 2. The van der Waals surface area contributed by atoms with Crippen molar-refractivity contribution in [1.29, 1.82) is 0 Å².